The van der Waals surface area contributed by atoms with Gasteiger partial charge in [-0.2, -0.15) is 0 Å². The Balaban J connectivity index is 1.92. The lowest BCUT2D eigenvalue weighted by Gasteiger charge is -2.56. The molecule has 16 heavy (non-hydrogen) atoms. The third kappa shape index (κ3) is 0.853. The summed E-state index contributed by atoms with van der Waals surface area (Å²) in [4.78, 5) is 23.9. The van der Waals surface area contributed by atoms with Crippen molar-refractivity contribution in [1.82, 2.24) is 0 Å². The normalized spacial score (nSPS) is 44.2. The fourth-order valence-electron chi connectivity index (χ4n) is 4.42. The first kappa shape index (κ1) is 8.91. The van der Waals surface area contributed by atoms with Gasteiger partial charge >= 0.3 is 0 Å². The predicted octanol–water partition coefficient (Wildman–Crippen LogP) is 2.06. The molecular formula is C14H14O2. The average Bonchev–Trinajstić information content (AvgIpc) is 2.23. The lowest BCUT2D eigenvalue weighted by molar-refractivity contribution is -0.119. The van der Waals surface area contributed by atoms with Crippen molar-refractivity contribution in [3.05, 3.63) is 23.3 Å². The molecule has 0 heterocycles. The zero-order chi connectivity index (χ0) is 10.9. The molecule has 2 heteroatoms. The summed E-state index contributed by atoms with van der Waals surface area (Å²) in [5.74, 6) is 2.52. The lowest BCUT2D eigenvalue weighted by Crippen LogP contribution is -2.50. The van der Waals surface area contributed by atoms with Crippen molar-refractivity contribution in [2.75, 3.05) is 0 Å². The van der Waals surface area contributed by atoms with E-state index in [2.05, 4.69) is 0 Å². The summed E-state index contributed by atoms with van der Waals surface area (Å²) in [6.45, 7) is 0. The first-order valence-corrected chi connectivity index (χ1v) is 6.28. The summed E-state index contributed by atoms with van der Waals surface area (Å²) in [5, 5.41) is 0. The Morgan fingerprint density at radius 1 is 0.750 bits per heavy atom. The molecule has 0 saturated heterocycles. The Kier molecular flexibility index (Phi) is 1.52. The highest BCUT2D eigenvalue weighted by molar-refractivity contribution is 6.21. The Labute approximate surface area is 94.4 Å². The lowest BCUT2D eigenvalue weighted by atomic mass is 9.47. The van der Waals surface area contributed by atoms with E-state index in [9.17, 15) is 9.59 Å². The minimum absolute atomic E-state index is 0.120. The molecule has 0 amide bonds. The van der Waals surface area contributed by atoms with Crippen LogP contribution >= 0.6 is 0 Å². The maximum Gasteiger partial charge on any atom is 0.182 e. The number of ketones is 2. The summed E-state index contributed by atoms with van der Waals surface area (Å²) < 4.78 is 0. The molecule has 82 valence electrons. The number of hydrogen-bond donors (Lipinski definition) is 0. The van der Waals surface area contributed by atoms with Gasteiger partial charge in [0.1, 0.15) is 0 Å². The van der Waals surface area contributed by atoms with Gasteiger partial charge in [0.15, 0.2) is 11.6 Å². The second-order valence-electron chi connectivity index (χ2n) is 5.58. The molecule has 0 radical (unpaired) electrons. The SMILES string of the molecule is O=C1C=CC(=O)C2=C1[C@H]1CC[C@@H]2[C@@H]2CC[C@@H]21. The van der Waals surface area contributed by atoms with Gasteiger partial charge in [-0.3, -0.25) is 9.59 Å². The molecule has 0 N–H and O–H groups in total. The summed E-state index contributed by atoms with van der Waals surface area (Å²) >= 11 is 0. The maximum absolute atomic E-state index is 11.9. The van der Waals surface area contributed by atoms with Gasteiger partial charge < -0.3 is 0 Å². The molecule has 2 nitrogen and oxygen atoms in total. The number of rotatable bonds is 0. The maximum atomic E-state index is 11.9. The topological polar surface area (TPSA) is 34.1 Å². The van der Waals surface area contributed by atoms with Crippen LogP contribution in [0, 0.1) is 23.7 Å². The summed E-state index contributed by atoms with van der Waals surface area (Å²) in [6.07, 6.45) is 7.78. The van der Waals surface area contributed by atoms with E-state index in [1.165, 1.54) is 25.0 Å². The largest absolute Gasteiger partial charge is 0.290 e. The molecule has 2 fully saturated rings. The van der Waals surface area contributed by atoms with Gasteiger partial charge in [-0.05, 0) is 61.5 Å². The fraction of sp³-hybridized carbons (Fsp3) is 0.571. The van der Waals surface area contributed by atoms with Crippen LogP contribution < -0.4 is 0 Å². The molecule has 2 bridgehead atoms. The van der Waals surface area contributed by atoms with Crippen LogP contribution in [0.5, 0.6) is 0 Å². The zero-order valence-electron chi connectivity index (χ0n) is 9.11. The smallest absolute Gasteiger partial charge is 0.182 e. The van der Waals surface area contributed by atoms with Crippen LogP contribution in [0.2, 0.25) is 0 Å². The van der Waals surface area contributed by atoms with E-state index in [0.717, 1.165) is 35.8 Å². The predicted molar refractivity (Wildman–Crippen MR) is 58.6 cm³/mol. The highest BCUT2D eigenvalue weighted by atomic mass is 16.1. The van der Waals surface area contributed by atoms with E-state index < -0.39 is 0 Å². The van der Waals surface area contributed by atoms with Crippen LogP contribution in [-0.2, 0) is 9.59 Å². The third-order valence-electron chi connectivity index (χ3n) is 5.15. The van der Waals surface area contributed by atoms with Gasteiger partial charge in [0.25, 0.3) is 0 Å². The van der Waals surface area contributed by atoms with E-state index in [1.807, 2.05) is 0 Å². The van der Waals surface area contributed by atoms with Gasteiger partial charge in [0.2, 0.25) is 0 Å². The van der Waals surface area contributed by atoms with Crippen molar-refractivity contribution in [1.29, 1.82) is 0 Å². The second-order valence-corrected chi connectivity index (χ2v) is 5.58. The number of fused-ring (bicyclic) bond motifs is 1. The standard InChI is InChI=1S/C14H14O2/c15-11-5-6-12(16)14-10-4-3-9(13(11)14)7-1-2-8(7)10/h5-10H,1-4H2/t7-,8+,9-,10+. The molecule has 0 unspecified atom stereocenters. The first-order chi connectivity index (χ1) is 7.77. The van der Waals surface area contributed by atoms with Crippen LogP contribution in [0.4, 0.5) is 0 Å². The van der Waals surface area contributed by atoms with E-state index in [-0.39, 0.29) is 11.6 Å². The summed E-state index contributed by atoms with van der Waals surface area (Å²) in [7, 11) is 0. The van der Waals surface area contributed by atoms with Crippen molar-refractivity contribution in [3.8, 4) is 0 Å². The molecule has 4 atom stereocenters. The van der Waals surface area contributed by atoms with Crippen LogP contribution in [0.1, 0.15) is 25.7 Å². The Hall–Kier alpha value is -1.18. The molecular weight excluding hydrogens is 200 g/mol. The molecule has 0 aliphatic heterocycles. The Morgan fingerprint density at radius 2 is 1.19 bits per heavy atom. The molecule has 5 aliphatic carbocycles. The van der Waals surface area contributed by atoms with Crippen molar-refractivity contribution in [2.45, 2.75) is 25.7 Å². The molecule has 2 saturated carbocycles. The minimum Gasteiger partial charge on any atom is -0.290 e. The zero-order valence-corrected chi connectivity index (χ0v) is 9.11. The van der Waals surface area contributed by atoms with E-state index in [4.69, 9.17) is 0 Å². The number of allylic oxidation sites excluding steroid dienone is 4. The summed E-state index contributed by atoms with van der Waals surface area (Å²) in [6, 6.07) is 0. The van der Waals surface area contributed by atoms with Crippen LogP contribution in [0.15, 0.2) is 23.3 Å². The van der Waals surface area contributed by atoms with Crippen molar-refractivity contribution in [3.63, 3.8) is 0 Å². The van der Waals surface area contributed by atoms with E-state index in [1.54, 1.807) is 0 Å². The van der Waals surface area contributed by atoms with Crippen LogP contribution in [-0.4, -0.2) is 11.6 Å². The van der Waals surface area contributed by atoms with Crippen LogP contribution in [0.3, 0.4) is 0 Å². The van der Waals surface area contributed by atoms with E-state index in [0.29, 0.717) is 11.8 Å². The molecule has 0 aromatic heterocycles. The van der Waals surface area contributed by atoms with Gasteiger partial charge in [-0.15, -0.1) is 0 Å². The Morgan fingerprint density at radius 3 is 1.56 bits per heavy atom. The van der Waals surface area contributed by atoms with Crippen molar-refractivity contribution in [2.24, 2.45) is 23.7 Å². The molecule has 0 spiro atoms. The average molecular weight is 214 g/mol. The number of carbonyl (C=O) groups excluding carboxylic acids is 2. The number of carbonyl (C=O) groups is 2. The molecule has 0 aromatic carbocycles. The quantitative estimate of drug-likeness (QED) is 0.578. The van der Waals surface area contributed by atoms with E-state index >= 15 is 0 Å². The molecule has 5 rings (SSSR count). The van der Waals surface area contributed by atoms with Gasteiger partial charge in [0.05, 0.1) is 0 Å². The summed E-state index contributed by atoms with van der Waals surface area (Å²) in [5.41, 5.74) is 1.81. The highest BCUT2D eigenvalue weighted by Crippen LogP contribution is 2.60. The van der Waals surface area contributed by atoms with Crippen molar-refractivity contribution < 1.29 is 9.59 Å². The third-order valence-corrected chi connectivity index (χ3v) is 5.15. The highest BCUT2D eigenvalue weighted by Gasteiger charge is 2.54. The Bertz CT molecular complexity index is 427. The molecule has 0 aromatic rings. The van der Waals surface area contributed by atoms with Gasteiger partial charge in [-0.25, -0.2) is 0 Å². The second kappa shape index (κ2) is 2.73. The fourth-order valence-corrected chi connectivity index (χ4v) is 4.42. The van der Waals surface area contributed by atoms with Crippen molar-refractivity contribution >= 4 is 11.6 Å². The first-order valence-electron chi connectivity index (χ1n) is 6.28. The monoisotopic (exact) mass is 214 g/mol. The minimum atomic E-state index is 0.120. The number of hydrogen-bond acceptors (Lipinski definition) is 2. The van der Waals surface area contributed by atoms with Gasteiger partial charge in [0, 0.05) is 11.1 Å². The van der Waals surface area contributed by atoms with Crippen LogP contribution in [0.25, 0.3) is 0 Å². The molecule has 5 aliphatic rings. The van der Waals surface area contributed by atoms with Gasteiger partial charge in [-0.1, -0.05) is 0 Å².